The zero-order chi connectivity index (χ0) is 13.2. The molecular formula is C14H20FNO. The lowest BCUT2D eigenvalue weighted by Crippen LogP contribution is -2.29. The number of halogens is 1. The van der Waals surface area contributed by atoms with E-state index in [0.717, 1.165) is 6.54 Å². The third-order valence-electron chi connectivity index (χ3n) is 2.48. The van der Waals surface area contributed by atoms with Crippen LogP contribution in [0.25, 0.3) is 0 Å². The predicted molar refractivity (Wildman–Crippen MR) is 69.1 cm³/mol. The molecule has 17 heavy (non-hydrogen) atoms. The van der Waals surface area contributed by atoms with Crippen LogP contribution in [0.4, 0.5) is 10.1 Å². The molecule has 0 N–H and O–H groups in total. The van der Waals surface area contributed by atoms with Crippen LogP contribution < -0.4 is 4.90 Å². The molecule has 0 fully saturated rings. The molecule has 0 aromatic heterocycles. The van der Waals surface area contributed by atoms with Gasteiger partial charge in [-0.1, -0.05) is 20.8 Å². The van der Waals surface area contributed by atoms with Crippen LogP contribution in [0.1, 0.15) is 38.1 Å². The summed E-state index contributed by atoms with van der Waals surface area (Å²) in [5, 5.41) is 0. The second-order valence-corrected chi connectivity index (χ2v) is 5.64. The molecule has 0 spiro atoms. The normalized spacial score (nSPS) is 11.4. The number of rotatable bonds is 3. The van der Waals surface area contributed by atoms with Gasteiger partial charge in [0.25, 0.3) is 0 Å². The number of carbonyl (C=O) groups excluding carboxylic acids is 1. The quantitative estimate of drug-likeness (QED) is 0.750. The highest BCUT2D eigenvalue weighted by molar-refractivity contribution is 5.94. The first-order chi connectivity index (χ1) is 7.70. The van der Waals surface area contributed by atoms with Crippen molar-refractivity contribution in [2.24, 2.45) is 5.41 Å². The van der Waals surface area contributed by atoms with Gasteiger partial charge in [0.1, 0.15) is 5.82 Å². The van der Waals surface area contributed by atoms with E-state index in [4.69, 9.17) is 0 Å². The fraction of sp³-hybridized carbons (Fsp3) is 0.500. The van der Waals surface area contributed by atoms with Gasteiger partial charge in [0.2, 0.25) is 0 Å². The molecule has 1 aromatic rings. The number of Topliss-reactive ketones (excluding diaryl/α,β-unsaturated/α-hetero) is 1. The van der Waals surface area contributed by atoms with Gasteiger partial charge >= 0.3 is 0 Å². The molecule has 0 aliphatic heterocycles. The van der Waals surface area contributed by atoms with Gasteiger partial charge in [0, 0.05) is 19.2 Å². The Kier molecular flexibility index (Phi) is 3.91. The largest absolute Gasteiger partial charge is 0.372 e. The van der Waals surface area contributed by atoms with E-state index < -0.39 is 0 Å². The standard InChI is InChI=1S/C14H20FNO/c1-10(17)11-6-7-13(12(15)8-11)16(5)9-14(2,3)4/h6-8H,9H2,1-5H3. The van der Waals surface area contributed by atoms with Crippen molar-refractivity contribution < 1.29 is 9.18 Å². The van der Waals surface area contributed by atoms with Gasteiger partial charge in [-0.2, -0.15) is 0 Å². The highest BCUT2D eigenvalue weighted by Gasteiger charge is 2.16. The SMILES string of the molecule is CC(=O)c1ccc(N(C)CC(C)(C)C)c(F)c1. The average Bonchev–Trinajstić information content (AvgIpc) is 2.14. The average molecular weight is 237 g/mol. The van der Waals surface area contributed by atoms with Crippen LogP contribution in [0.15, 0.2) is 18.2 Å². The van der Waals surface area contributed by atoms with Crippen molar-refractivity contribution in [3.8, 4) is 0 Å². The summed E-state index contributed by atoms with van der Waals surface area (Å²) in [6.45, 7) is 8.50. The van der Waals surface area contributed by atoms with Crippen LogP contribution in [0.5, 0.6) is 0 Å². The Morgan fingerprint density at radius 3 is 2.35 bits per heavy atom. The molecule has 1 aromatic carbocycles. The summed E-state index contributed by atoms with van der Waals surface area (Å²) in [4.78, 5) is 13.0. The Balaban J connectivity index is 2.96. The van der Waals surface area contributed by atoms with E-state index in [1.807, 2.05) is 11.9 Å². The number of anilines is 1. The van der Waals surface area contributed by atoms with Gasteiger partial charge < -0.3 is 4.90 Å². The fourth-order valence-corrected chi connectivity index (χ4v) is 1.83. The van der Waals surface area contributed by atoms with E-state index in [9.17, 15) is 9.18 Å². The van der Waals surface area contributed by atoms with Crippen molar-refractivity contribution in [1.82, 2.24) is 0 Å². The minimum atomic E-state index is -0.343. The molecule has 0 radical (unpaired) electrons. The van der Waals surface area contributed by atoms with Crippen LogP contribution in [-0.4, -0.2) is 19.4 Å². The monoisotopic (exact) mass is 237 g/mol. The number of benzene rings is 1. The zero-order valence-electron chi connectivity index (χ0n) is 11.2. The maximum atomic E-state index is 13.8. The highest BCUT2D eigenvalue weighted by Crippen LogP contribution is 2.23. The second kappa shape index (κ2) is 4.86. The summed E-state index contributed by atoms with van der Waals surface area (Å²) in [5.41, 5.74) is 1.04. The minimum absolute atomic E-state index is 0.0977. The van der Waals surface area contributed by atoms with Gasteiger partial charge in [0.15, 0.2) is 5.78 Å². The van der Waals surface area contributed by atoms with Gasteiger partial charge in [-0.05, 0) is 30.5 Å². The lowest BCUT2D eigenvalue weighted by atomic mass is 9.96. The van der Waals surface area contributed by atoms with Gasteiger partial charge in [-0.25, -0.2) is 4.39 Å². The van der Waals surface area contributed by atoms with Gasteiger partial charge in [0.05, 0.1) is 5.69 Å². The molecule has 0 aliphatic rings. The molecule has 94 valence electrons. The van der Waals surface area contributed by atoms with E-state index >= 15 is 0 Å². The molecule has 2 nitrogen and oxygen atoms in total. The van der Waals surface area contributed by atoms with Crippen molar-refractivity contribution in [3.05, 3.63) is 29.6 Å². The first-order valence-corrected chi connectivity index (χ1v) is 5.72. The number of hydrogen-bond donors (Lipinski definition) is 0. The van der Waals surface area contributed by atoms with E-state index in [1.165, 1.54) is 13.0 Å². The summed E-state index contributed by atoms with van der Waals surface area (Å²) >= 11 is 0. The van der Waals surface area contributed by atoms with Crippen LogP contribution in [0.3, 0.4) is 0 Å². The predicted octanol–water partition coefficient (Wildman–Crippen LogP) is 3.51. The Bertz CT molecular complexity index is 421. The summed E-state index contributed by atoms with van der Waals surface area (Å²) in [7, 11) is 1.86. The van der Waals surface area contributed by atoms with Gasteiger partial charge in [-0.15, -0.1) is 0 Å². The Morgan fingerprint density at radius 1 is 1.35 bits per heavy atom. The van der Waals surface area contributed by atoms with Crippen molar-refractivity contribution in [2.45, 2.75) is 27.7 Å². The molecular weight excluding hydrogens is 217 g/mol. The molecule has 0 aliphatic carbocycles. The number of nitrogens with zero attached hydrogens (tertiary/aromatic N) is 1. The fourth-order valence-electron chi connectivity index (χ4n) is 1.83. The van der Waals surface area contributed by atoms with E-state index in [0.29, 0.717) is 11.3 Å². The minimum Gasteiger partial charge on any atom is -0.372 e. The maximum Gasteiger partial charge on any atom is 0.159 e. The highest BCUT2D eigenvalue weighted by atomic mass is 19.1. The number of ketones is 1. The van der Waals surface area contributed by atoms with Crippen molar-refractivity contribution in [3.63, 3.8) is 0 Å². The summed E-state index contributed by atoms with van der Waals surface area (Å²) in [6, 6.07) is 4.63. The Morgan fingerprint density at radius 2 is 1.94 bits per heavy atom. The zero-order valence-corrected chi connectivity index (χ0v) is 11.2. The number of carbonyl (C=O) groups is 1. The van der Waals surface area contributed by atoms with Gasteiger partial charge in [-0.3, -0.25) is 4.79 Å². The Labute approximate surface area is 102 Å². The van der Waals surface area contributed by atoms with E-state index in [2.05, 4.69) is 20.8 Å². The van der Waals surface area contributed by atoms with Crippen molar-refractivity contribution in [1.29, 1.82) is 0 Å². The summed E-state index contributed by atoms with van der Waals surface area (Å²) < 4.78 is 13.8. The van der Waals surface area contributed by atoms with Crippen LogP contribution in [0.2, 0.25) is 0 Å². The Hall–Kier alpha value is -1.38. The van der Waals surface area contributed by atoms with Crippen LogP contribution in [0, 0.1) is 11.2 Å². The maximum absolute atomic E-state index is 13.8. The van der Waals surface area contributed by atoms with Crippen LogP contribution >= 0.6 is 0 Å². The third kappa shape index (κ3) is 3.84. The van der Waals surface area contributed by atoms with Crippen molar-refractivity contribution >= 4 is 11.5 Å². The number of hydrogen-bond acceptors (Lipinski definition) is 2. The van der Waals surface area contributed by atoms with E-state index in [1.54, 1.807) is 12.1 Å². The third-order valence-corrected chi connectivity index (χ3v) is 2.48. The van der Waals surface area contributed by atoms with Crippen molar-refractivity contribution in [2.75, 3.05) is 18.5 Å². The molecule has 0 saturated carbocycles. The van der Waals surface area contributed by atoms with Crippen LogP contribution in [-0.2, 0) is 0 Å². The first-order valence-electron chi connectivity index (χ1n) is 5.72. The molecule has 3 heteroatoms. The molecule has 0 bridgehead atoms. The lowest BCUT2D eigenvalue weighted by molar-refractivity contribution is 0.101. The van der Waals surface area contributed by atoms with E-state index in [-0.39, 0.29) is 17.0 Å². The molecule has 0 unspecified atom stereocenters. The lowest BCUT2D eigenvalue weighted by Gasteiger charge is -2.28. The second-order valence-electron chi connectivity index (χ2n) is 5.64. The topological polar surface area (TPSA) is 20.3 Å². The molecule has 0 amide bonds. The summed E-state index contributed by atoms with van der Waals surface area (Å²) in [6.07, 6.45) is 0. The smallest absolute Gasteiger partial charge is 0.159 e. The molecule has 1 rings (SSSR count). The molecule has 0 heterocycles. The first kappa shape index (κ1) is 13.7. The molecule has 0 saturated heterocycles. The molecule has 0 atom stereocenters. The summed E-state index contributed by atoms with van der Waals surface area (Å²) in [5.74, 6) is -0.460.